The Morgan fingerprint density at radius 2 is 1.54 bits per heavy atom. The van der Waals surface area contributed by atoms with Crippen molar-refractivity contribution in [3.05, 3.63) is 95.8 Å². The third-order valence-corrected chi connectivity index (χ3v) is 7.84. The maximum absolute atomic E-state index is 14.9. The number of carbonyl (C=O) groups is 2. The van der Waals surface area contributed by atoms with E-state index in [4.69, 9.17) is 0 Å². The molecule has 3 aromatic carbocycles. The Morgan fingerprint density at radius 3 is 2.16 bits per heavy atom. The van der Waals surface area contributed by atoms with Gasteiger partial charge in [-0.05, 0) is 55.7 Å². The van der Waals surface area contributed by atoms with E-state index in [1.807, 2.05) is 31.2 Å². The first-order valence-corrected chi connectivity index (χ1v) is 13.6. The quantitative estimate of drug-likeness (QED) is 0.405. The van der Waals surface area contributed by atoms with Gasteiger partial charge in [-0.3, -0.25) is 13.9 Å². The largest absolute Gasteiger partial charge is 0.355 e. The zero-order chi connectivity index (χ0) is 27.0. The summed E-state index contributed by atoms with van der Waals surface area (Å²) < 4.78 is 42.9. The highest BCUT2D eigenvalue weighted by atomic mass is 32.2. The van der Waals surface area contributed by atoms with Crippen LogP contribution in [-0.2, 0) is 26.2 Å². The number of rotatable bonds is 11. The van der Waals surface area contributed by atoms with Crippen LogP contribution < -0.4 is 9.62 Å². The van der Waals surface area contributed by atoms with E-state index in [0.717, 1.165) is 21.5 Å². The molecule has 0 fully saturated rings. The molecule has 196 valence electrons. The summed E-state index contributed by atoms with van der Waals surface area (Å²) >= 11 is 0. The topological polar surface area (TPSA) is 86.8 Å². The normalized spacial score (nSPS) is 12.0. The second kappa shape index (κ2) is 12.5. The van der Waals surface area contributed by atoms with Gasteiger partial charge in [0.2, 0.25) is 11.8 Å². The fourth-order valence-corrected chi connectivity index (χ4v) is 5.51. The molecule has 0 radical (unpaired) electrons. The first-order valence-electron chi connectivity index (χ1n) is 12.1. The average Bonchev–Trinajstić information content (AvgIpc) is 2.89. The number of sulfonamides is 1. The third-order valence-electron chi connectivity index (χ3n) is 6.07. The summed E-state index contributed by atoms with van der Waals surface area (Å²) in [5.41, 5.74) is 1.50. The predicted molar refractivity (Wildman–Crippen MR) is 142 cm³/mol. The van der Waals surface area contributed by atoms with Crippen LogP contribution in [0.4, 0.5) is 10.1 Å². The molecule has 9 heteroatoms. The molecule has 37 heavy (non-hydrogen) atoms. The van der Waals surface area contributed by atoms with Gasteiger partial charge in [0.1, 0.15) is 18.4 Å². The lowest BCUT2D eigenvalue weighted by atomic mass is 10.1. The molecule has 0 heterocycles. The Kier molecular flexibility index (Phi) is 9.41. The van der Waals surface area contributed by atoms with Crippen LogP contribution in [0.15, 0.2) is 83.8 Å². The molecule has 0 saturated carbocycles. The van der Waals surface area contributed by atoms with Gasteiger partial charge in [0.05, 0.1) is 10.6 Å². The lowest BCUT2D eigenvalue weighted by molar-refractivity contribution is -0.140. The second-order valence-electron chi connectivity index (χ2n) is 8.54. The molecular weight excluding hydrogens is 493 g/mol. The van der Waals surface area contributed by atoms with Crippen molar-refractivity contribution in [1.82, 2.24) is 10.2 Å². The van der Waals surface area contributed by atoms with Gasteiger partial charge < -0.3 is 10.2 Å². The molecule has 0 spiro atoms. The maximum atomic E-state index is 14.9. The molecule has 3 aromatic rings. The van der Waals surface area contributed by atoms with Crippen molar-refractivity contribution in [3.63, 3.8) is 0 Å². The van der Waals surface area contributed by atoms with Crippen LogP contribution in [0.1, 0.15) is 31.4 Å². The Bertz CT molecular complexity index is 1330. The molecule has 0 aliphatic heterocycles. The minimum atomic E-state index is -4.30. The van der Waals surface area contributed by atoms with Gasteiger partial charge in [-0.1, -0.05) is 61.5 Å². The van der Waals surface area contributed by atoms with Gasteiger partial charge in [0.25, 0.3) is 10.0 Å². The number of carbonyl (C=O) groups excluding carboxylic acids is 2. The van der Waals surface area contributed by atoms with E-state index in [9.17, 15) is 22.4 Å². The molecular formula is C28H32FN3O4S. The number of hydrogen-bond acceptors (Lipinski definition) is 4. The van der Waals surface area contributed by atoms with Gasteiger partial charge in [-0.25, -0.2) is 12.8 Å². The van der Waals surface area contributed by atoms with E-state index >= 15 is 0 Å². The SMILES string of the molecule is CCNC(=O)[C@@H](CC)N(Cc1ccccc1C)C(=O)CN(c1ccccc1F)S(=O)(=O)c1ccccc1. The van der Waals surface area contributed by atoms with E-state index in [0.29, 0.717) is 13.0 Å². The second-order valence-corrected chi connectivity index (χ2v) is 10.4. The molecule has 0 saturated heterocycles. The van der Waals surface area contributed by atoms with Crippen molar-refractivity contribution in [1.29, 1.82) is 0 Å². The molecule has 2 amide bonds. The summed E-state index contributed by atoms with van der Waals surface area (Å²) in [6, 6.07) is 19.6. The molecule has 1 atom stereocenters. The molecule has 0 bridgehead atoms. The van der Waals surface area contributed by atoms with E-state index in [1.165, 1.54) is 35.2 Å². The number of nitrogens with one attached hydrogen (secondary N) is 1. The van der Waals surface area contributed by atoms with Crippen LogP contribution in [0.3, 0.4) is 0 Å². The van der Waals surface area contributed by atoms with E-state index in [2.05, 4.69) is 5.32 Å². The van der Waals surface area contributed by atoms with E-state index < -0.39 is 34.3 Å². The average molecular weight is 526 g/mol. The van der Waals surface area contributed by atoms with Gasteiger partial charge in [-0.15, -0.1) is 0 Å². The summed E-state index contributed by atoms with van der Waals surface area (Å²) in [7, 11) is -4.30. The number of amides is 2. The van der Waals surface area contributed by atoms with Crippen LogP contribution in [0.25, 0.3) is 0 Å². The Hall–Kier alpha value is -3.72. The maximum Gasteiger partial charge on any atom is 0.264 e. The van der Waals surface area contributed by atoms with Crippen molar-refractivity contribution in [2.24, 2.45) is 0 Å². The Morgan fingerprint density at radius 1 is 0.919 bits per heavy atom. The summed E-state index contributed by atoms with van der Waals surface area (Å²) in [4.78, 5) is 28.1. The smallest absolute Gasteiger partial charge is 0.264 e. The molecule has 0 unspecified atom stereocenters. The van der Waals surface area contributed by atoms with Gasteiger partial charge in [0.15, 0.2) is 0 Å². The predicted octanol–water partition coefficient (Wildman–Crippen LogP) is 4.27. The number of halogens is 1. The van der Waals surface area contributed by atoms with E-state index in [-0.39, 0.29) is 23.0 Å². The monoisotopic (exact) mass is 525 g/mol. The molecule has 3 rings (SSSR count). The zero-order valence-corrected chi connectivity index (χ0v) is 22.0. The zero-order valence-electron chi connectivity index (χ0n) is 21.2. The third kappa shape index (κ3) is 6.54. The van der Waals surface area contributed by atoms with Crippen LogP contribution in [0, 0.1) is 12.7 Å². The Labute approximate surface area is 218 Å². The highest BCUT2D eigenvalue weighted by molar-refractivity contribution is 7.92. The van der Waals surface area contributed by atoms with Crippen molar-refractivity contribution in [3.8, 4) is 0 Å². The van der Waals surface area contributed by atoms with Crippen LogP contribution in [0.2, 0.25) is 0 Å². The first-order chi connectivity index (χ1) is 17.7. The molecule has 1 N–H and O–H groups in total. The fourth-order valence-electron chi connectivity index (χ4n) is 4.07. The number of benzene rings is 3. The standard InChI is InChI=1S/C28H32FN3O4S/c1-4-25(28(34)30-5-2)31(19-22-14-10-9-13-21(22)3)27(33)20-32(26-18-12-11-17-24(26)29)37(35,36)23-15-7-6-8-16-23/h6-18,25H,4-5,19-20H2,1-3H3,(H,30,34)/t25-/m1/s1. The summed E-state index contributed by atoms with van der Waals surface area (Å²) in [5, 5.41) is 2.76. The number of hydrogen-bond donors (Lipinski definition) is 1. The molecule has 0 aliphatic carbocycles. The van der Waals surface area contributed by atoms with Crippen molar-refractivity contribution in [2.45, 2.75) is 44.7 Å². The summed E-state index contributed by atoms with van der Waals surface area (Å²) in [5.74, 6) is -1.74. The molecule has 7 nitrogen and oxygen atoms in total. The van der Waals surface area contributed by atoms with Crippen LogP contribution >= 0.6 is 0 Å². The number of nitrogens with zero attached hydrogens (tertiary/aromatic N) is 2. The molecule has 0 aliphatic rings. The van der Waals surface area contributed by atoms with Crippen LogP contribution in [0.5, 0.6) is 0 Å². The summed E-state index contributed by atoms with van der Waals surface area (Å²) in [6.07, 6.45) is 0.314. The van der Waals surface area contributed by atoms with Gasteiger partial charge in [-0.2, -0.15) is 0 Å². The number of anilines is 1. The number of aryl methyl sites for hydroxylation is 1. The lowest BCUT2D eigenvalue weighted by Crippen LogP contribution is -2.52. The Balaban J connectivity index is 2.07. The number of para-hydroxylation sites is 1. The minimum Gasteiger partial charge on any atom is -0.355 e. The summed E-state index contributed by atoms with van der Waals surface area (Å²) in [6.45, 7) is 5.26. The fraction of sp³-hybridized carbons (Fsp3) is 0.286. The van der Waals surface area contributed by atoms with Gasteiger partial charge in [0, 0.05) is 13.1 Å². The van der Waals surface area contributed by atoms with Crippen molar-refractivity contribution in [2.75, 3.05) is 17.4 Å². The van der Waals surface area contributed by atoms with Crippen molar-refractivity contribution < 1.29 is 22.4 Å². The van der Waals surface area contributed by atoms with E-state index in [1.54, 1.807) is 32.0 Å². The number of likely N-dealkylation sites (N-methyl/N-ethyl adjacent to an activating group) is 1. The lowest BCUT2D eigenvalue weighted by Gasteiger charge is -2.33. The van der Waals surface area contributed by atoms with Crippen LogP contribution in [-0.4, -0.2) is 44.3 Å². The highest BCUT2D eigenvalue weighted by Gasteiger charge is 2.34. The minimum absolute atomic E-state index is 0.0766. The highest BCUT2D eigenvalue weighted by Crippen LogP contribution is 2.27. The molecule has 0 aromatic heterocycles. The first kappa shape index (κ1) is 27.9. The van der Waals surface area contributed by atoms with Crippen molar-refractivity contribution >= 4 is 27.5 Å². The van der Waals surface area contributed by atoms with Gasteiger partial charge >= 0.3 is 0 Å².